The summed E-state index contributed by atoms with van der Waals surface area (Å²) >= 11 is 0. The maximum Gasteiger partial charge on any atom is 0.407 e. The highest BCUT2D eigenvalue weighted by molar-refractivity contribution is 5.79. The summed E-state index contributed by atoms with van der Waals surface area (Å²) in [6.45, 7) is 1.43. The Kier molecular flexibility index (Phi) is 11.3. The number of carbonyl (C=O) groups is 3. The lowest BCUT2D eigenvalue weighted by atomic mass is 9.98. The summed E-state index contributed by atoms with van der Waals surface area (Å²) in [5.74, 6) is 0.126. The molecule has 0 heterocycles. The Balaban J connectivity index is 1.19. The first-order valence-corrected chi connectivity index (χ1v) is 13.0. The third-order valence-corrected chi connectivity index (χ3v) is 6.53. The third kappa shape index (κ3) is 8.53. The van der Waals surface area contributed by atoms with Gasteiger partial charge in [-0.2, -0.15) is 0 Å². The summed E-state index contributed by atoms with van der Waals surface area (Å²) in [7, 11) is 0. The number of nitrogens with one attached hydrogen (secondary N) is 2. The molecule has 2 N–H and O–H groups in total. The minimum atomic E-state index is -0.345. The summed E-state index contributed by atoms with van der Waals surface area (Å²) < 4.78 is 5.57. The van der Waals surface area contributed by atoms with Crippen molar-refractivity contribution in [1.82, 2.24) is 10.6 Å². The van der Waals surface area contributed by atoms with E-state index in [1.807, 2.05) is 24.3 Å². The van der Waals surface area contributed by atoms with Gasteiger partial charge in [-0.1, -0.05) is 87.1 Å². The van der Waals surface area contributed by atoms with Gasteiger partial charge in [0, 0.05) is 31.8 Å². The molecule has 1 aliphatic carbocycles. The van der Waals surface area contributed by atoms with E-state index in [9.17, 15) is 14.4 Å². The number of aldehydes is 1. The minimum Gasteiger partial charge on any atom is -0.449 e. The molecule has 2 aromatic rings. The second-order valence-corrected chi connectivity index (χ2v) is 9.14. The van der Waals surface area contributed by atoms with Crippen LogP contribution in [0.15, 0.2) is 48.5 Å². The van der Waals surface area contributed by atoms with Crippen LogP contribution in [-0.4, -0.2) is 38.0 Å². The maximum atomic E-state index is 12.2. The number of fused-ring (bicyclic) bond motifs is 3. The van der Waals surface area contributed by atoms with Gasteiger partial charge >= 0.3 is 6.09 Å². The van der Waals surface area contributed by atoms with Crippen LogP contribution in [0, 0.1) is 0 Å². The quantitative estimate of drug-likeness (QED) is 0.238. The van der Waals surface area contributed by atoms with Gasteiger partial charge in [0.1, 0.15) is 12.9 Å². The average Bonchev–Trinajstić information content (AvgIpc) is 3.20. The molecule has 6 nitrogen and oxygen atoms in total. The van der Waals surface area contributed by atoms with Gasteiger partial charge in [-0.15, -0.1) is 0 Å². The molecule has 0 aliphatic heterocycles. The smallest absolute Gasteiger partial charge is 0.407 e. The van der Waals surface area contributed by atoms with Crippen LogP contribution < -0.4 is 10.6 Å². The molecule has 1 aliphatic rings. The molecule has 0 atom stereocenters. The second kappa shape index (κ2) is 15.0. The topological polar surface area (TPSA) is 84.5 Å². The fourth-order valence-corrected chi connectivity index (χ4v) is 4.67. The lowest BCUT2D eigenvalue weighted by molar-refractivity contribution is -0.121. The van der Waals surface area contributed by atoms with E-state index < -0.39 is 0 Å². The van der Waals surface area contributed by atoms with Crippen LogP contribution in [0.4, 0.5) is 4.79 Å². The number of unbranched alkanes of at least 4 members (excludes halogenated alkanes) is 7. The Morgan fingerprint density at radius 1 is 0.743 bits per heavy atom. The number of amides is 2. The number of rotatable bonds is 16. The molecule has 6 heteroatoms. The van der Waals surface area contributed by atoms with Crippen LogP contribution in [0.3, 0.4) is 0 Å². The van der Waals surface area contributed by atoms with E-state index in [0.29, 0.717) is 32.5 Å². The Hall–Kier alpha value is -3.15. The minimum absolute atomic E-state index is 0.0377. The average molecular weight is 479 g/mol. The van der Waals surface area contributed by atoms with Crippen LogP contribution in [0.5, 0.6) is 0 Å². The molecule has 2 amide bonds. The van der Waals surface area contributed by atoms with E-state index in [-0.39, 0.29) is 17.9 Å². The molecule has 0 radical (unpaired) electrons. The van der Waals surface area contributed by atoms with Crippen molar-refractivity contribution in [3.8, 4) is 11.1 Å². The first kappa shape index (κ1) is 26.5. The summed E-state index contributed by atoms with van der Waals surface area (Å²) in [6, 6.07) is 16.7. The van der Waals surface area contributed by atoms with Crippen LogP contribution in [0.1, 0.15) is 81.3 Å². The molecule has 188 valence electrons. The number of alkyl carbamates (subject to hydrolysis) is 1. The van der Waals surface area contributed by atoms with Crippen molar-refractivity contribution < 1.29 is 19.1 Å². The Labute approximate surface area is 208 Å². The normalized spacial score (nSPS) is 12.0. The van der Waals surface area contributed by atoms with Crippen molar-refractivity contribution in [2.24, 2.45) is 0 Å². The number of carbonyl (C=O) groups excluding carboxylic acids is 3. The second-order valence-electron chi connectivity index (χ2n) is 9.14. The Bertz CT molecular complexity index is 914. The van der Waals surface area contributed by atoms with Gasteiger partial charge in [0.05, 0.1) is 0 Å². The van der Waals surface area contributed by atoms with E-state index in [2.05, 4.69) is 34.9 Å². The van der Waals surface area contributed by atoms with Gasteiger partial charge < -0.3 is 20.2 Å². The number of hydrogen-bond acceptors (Lipinski definition) is 4. The zero-order valence-corrected chi connectivity index (χ0v) is 20.6. The number of ether oxygens (including phenoxy) is 1. The summed E-state index contributed by atoms with van der Waals surface area (Å²) in [4.78, 5) is 34.0. The summed E-state index contributed by atoms with van der Waals surface area (Å²) in [5.41, 5.74) is 4.90. The summed E-state index contributed by atoms with van der Waals surface area (Å²) in [5, 5.41) is 5.63. The number of benzene rings is 2. The van der Waals surface area contributed by atoms with E-state index in [1.165, 1.54) is 35.1 Å². The highest BCUT2D eigenvalue weighted by atomic mass is 16.5. The molecule has 0 saturated heterocycles. The van der Waals surface area contributed by atoms with Crippen molar-refractivity contribution in [2.75, 3.05) is 19.7 Å². The zero-order valence-electron chi connectivity index (χ0n) is 20.6. The first-order valence-electron chi connectivity index (χ1n) is 13.0. The maximum absolute atomic E-state index is 12.2. The van der Waals surface area contributed by atoms with E-state index in [0.717, 1.165) is 44.8 Å². The largest absolute Gasteiger partial charge is 0.449 e. The fourth-order valence-electron chi connectivity index (χ4n) is 4.67. The molecule has 0 aromatic heterocycles. The van der Waals surface area contributed by atoms with Crippen molar-refractivity contribution in [3.63, 3.8) is 0 Å². The van der Waals surface area contributed by atoms with Gasteiger partial charge in [-0.25, -0.2) is 4.79 Å². The Morgan fingerprint density at radius 2 is 1.31 bits per heavy atom. The predicted octanol–water partition coefficient (Wildman–Crippen LogP) is 5.74. The molecule has 0 spiro atoms. The van der Waals surface area contributed by atoms with Gasteiger partial charge in [0.25, 0.3) is 0 Å². The monoisotopic (exact) mass is 478 g/mol. The summed E-state index contributed by atoms with van der Waals surface area (Å²) in [6.07, 6.45) is 10.0. The standard InChI is InChI=1S/C29H38N2O4/c32-21-13-20-30-28(33)18-7-5-3-1-2-4-6-12-19-31-29(34)35-22-27-25-16-10-8-14-23(25)24-15-9-11-17-26(24)27/h8-11,14-17,21,27H,1-7,12-13,18-20,22H2,(H,30,33)(H,31,34). The van der Waals surface area contributed by atoms with Gasteiger partial charge in [-0.05, 0) is 35.1 Å². The molecule has 0 unspecified atom stereocenters. The lowest BCUT2D eigenvalue weighted by Gasteiger charge is -2.14. The van der Waals surface area contributed by atoms with Crippen LogP contribution in [-0.2, 0) is 14.3 Å². The van der Waals surface area contributed by atoms with E-state index in [4.69, 9.17) is 4.74 Å². The Morgan fingerprint density at radius 3 is 1.94 bits per heavy atom. The van der Waals surface area contributed by atoms with Crippen molar-refractivity contribution in [2.45, 2.75) is 70.1 Å². The molecule has 0 saturated carbocycles. The van der Waals surface area contributed by atoms with Crippen molar-refractivity contribution >= 4 is 18.3 Å². The molecular formula is C29H38N2O4. The third-order valence-electron chi connectivity index (χ3n) is 6.53. The van der Waals surface area contributed by atoms with Crippen LogP contribution in [0.2, 0.25) is 0 Å². The lowest BCUT2D eigenvalue weighted by Crippen LogP contribution is -2.27. The molecule has 3 rings (SSSR count). The number of hydrogen-bond donors (Lipinski definition) is 2. The first-order chi connectivity index (χ1) is 17.2. The molecule has 0 fully saturated rings. The highest BCUT2D eigenvalue weighted by Gasteiger charge is 2.28. The van der Waals surface area contributed by atoms with Crippen molar-refractivity contribution in [1.29, 1.82) is 0 Å². The van der Waals surface area contributed by atoms with Gasteiger partial charge in [-0.3, -0.25) is 4.79 Å². The predicted molar refractivity (Wildman–Crippen MR) is 138 cm³/mol. The van der Waals surface area contributed by atoms with E-state index >= 15 is 0 Å². The van der Waals surface area contributed by atoms with Gasteiger partial charge in [0.2, 0.25) is 5.91 Å². The molecule has 0 bridgehead atoms. The fraction of sp³-hybridized carbons (Fsp3) is 0.483. The zero-order chi connectivity index (χ0) is 24.7. The SMILES string of the molecule is O=CCCNC(=O)CCCCCCCCCCNC(=O)OCC1c2ccccc2-c2ccccc21. The van der Waals surface area contributed by atoms with Crippen molar-refractivity contribution in [3.05, 3.63) is 59.7 Å². The van der Waals surface area contributed by atoms with Crippen LogP contribution >= 0.6 is 0 Å². The van der Waals surface area contributed by atoms with E-state index in [1.54, 1.807) is 0 Å². The molecular weight excluding hydrogens is 440 g/mol. The highest BCUT2D eigenvalue weighted by Crippen LogP contribution is 2.44. The molecule has 35 heavy (non-hydrogen) atoms. The van der Waals surface area contributed by atoms with Crippen LogP contribution in [0.25, 0.3) is 11.1 Å². The van der Waals surface area contributed by atoms with Gasteiger partial charge in [0.15, 0.2) is 0 Å². The molecule has 2 aromatic carbocycles.